The molecule has 0 radical (unpaired) electrons. The van der Waals surface area contributed by atoms with Gasteiger partial charge in [-0.15, -0.1) is 0 Å². The number of aromatic nitrogens is 1. The van der Waals surface area contributed by atoms with Gasteiger partial charge in [0, 0.05) is 11.6 Å². The number of pyridine rings is 1. The Hall–Kier alpha value is -2.27. The molecule has 2 aromatic rings. The number of aliphatic hydroxyl groups excluding tert-OH is 1. The van der Waals surface area contributed by atoms with Gasteiger partial charge in [0.2, 0.25) is 5.88 Å². The van der Waals surface area contributed by atoms with E-state index in [1.54, 1.807) is 6.20 Å². The minimum Gasteiger partial charge on any atom is -0.491 e. The predicted octanol–water partition coefficient (Wildman–Crippen LogP) is 1.85. The molecule has 1 aliphatic heterocycles. The van der Waals surface area contributed by atoms with Crippen LogP contribution in [-0.2, 0) is 4.84 Å². The van der Waals surface area contributed by atoms with Crippen LogP contribution in [0.1, 0.15) is 0 Å². The number of nitrogens with zero attached hydrogens (tertiary/aromatic N) is 2. The van der Waals surface area contributed by atoms with Gasteiger partial charge in [0.25, 0.3) is 0 Å². The highest BCUT2D eigenvalue weighted by Crippen LogP contribution is 2.27. The number of nitrogens with one attached hydrogen (secondary N) is 1. The summed E-state index contributed by atoms with van der Waals surface area (Å²) in [6, 6.07) is 9.44. The van der Waals surface area contributed by atoms with Crippen LogP contribution in [0.15, 0.2) is 48.7 Å². The van der Waals surface area contributed by atoms with Crippen molar-refractivity contribution in [2.75, 3.05) is 5.01 Å². The number of hydrogen-bond donors (Lipinski definition) is 2. The lowest BCUT2D eigenvalue weighted by atomic mass is 10.2. The van der Waals surface area contributed by atoms with Crippen molar-refractivity contribution in [3.05, 3.63) is 48.7 Å². The lowest BCUT2D eigenvalue weighted by Gasteiger charge is -2.17. The standard InChI is InChI=1S/C11H9N3O2/c15-11-7-16-13-14(11)10-5-1-4-9-8(10)3-2-6-12-9/h1-7,13,15H. The second-order valence-corrected chi connectivity index (χ2v) is 3.37. The van der Waals surface area contributed by atoms with Crippen LogP contribution >= 0.6 is 0 Å². The van der Waals surface area contributed by atoms with E-state index in [1.165, 1.54) is 11.3 Å². The van der Waals surface area contributed by atoms with Gasteiger partial charge in [-0.25, -0.2) is 5.01 Å². The Labute approximate surface area is 91.5 Å². The van der Waals surface area contributed by atoms with Crippen LogP contribution in [-0.4, -0.2) is 10.1 Å². The third-order valence-electron chi connectivity index (χ3n) is 2.40. The molecule has 5 heteroatoms. The van der Waals surface area contributed by atoms with Crippen molar-refractivity contribution in [2.45, 2.75) is 0 Å². The van der Waals surface area contributed by atoms with Gasteiger partial charge in [-0.1, -0.05) is 11.7 Å². The minimum absolute atomic E-state index is 0.0105. The van der Waals surface area contributed by atoms with Gasteiger partial charge in [-0.3, -0.25) is 4.98 Å². The van der Waals surface area contributed by atoms with Gasteiger partial charge < -0.3 is 9.94 Å². The fourth-order valence-corrected chi connectivity index (χ4v) is 1.69. The van der Waals surface area contributed by atoms with Crippen LogP contribution < -0.4 is 10.6 Å². The van der Waals surface area contributed by atoms with E-state index in [-0.39, 0.29) is 5.88 Å². The van der Waals surface area contributed by atoms with Crippen molar-refractivity contribution in [3.8, 4) is 0 Å². The molecular weight excluding hydrogens is 206 g/mol. The Morgan fingerprint density at radius 1 is 1.25 bits per heavy atom. The maximum absolute atomic E-state index is 9.58. The van der Waals surface area contributed by atoms with Gasteiger partial charge in [-0.2, -0.15) is 0 Å². The van der Waals surface area contributed by atoms with Crippen LogP contribution in [0, 0.1) is 0 Å². The molecule has 2 heterocycles. The van der Waals surface area contributed by atoms with E-state index in [0.717, 1.165) is 16.6 Å². The van der Waals surface area contributed by atoms with E-state index in [1.807, 2.05) is 30.3 Å². The molecule has 0 saturated carbocycles. The van der Waals surface area contributed by atoms with Crippen LogP contribution in [0.25, 0.3) is 10.9 Å². The third kappa shape index (κ3) is 1.26. The van der Waals surface area contributed by atoms with Crippen molar-refractivity contribution >= 4 is 16.6 Å². The minimum atomic E-state index is 0.0105. The summed E-state index contributed by atoms with van der Waals surface area (Å²) in [5.41, 5.74) is 4.23. The summed E-state index contributed by atoms with van der Waals surface area (Å²) in [7, 11) is 0. The highest BCUT2D eigenvalue weighted by molar-refractivity contribution is 5.92. The SMILES string of the molecule is OC1=CONN1c1cccc2ncccc12. The predicted molar refractivity (Wildman–Crippen MR) is 59.2 cm³/mol. The first-order valence-electron chi connectivity index (χ1n) is 4.80. The molecule has 0 amide bonds. The smallest absolute Gasteiger partial charge is 0.247 e. The van der Waals surface area contributed by atoms with E-state index in [9.17, 15) is 5.11 Å². The van der Waals surface area contributed by atoms with E-state index < -0.39 is 0 Å². The lowest BCUT2D eigenvalue weighted by Crippen LogP contribution is -2.30. The molecule has 80 valence electrons. The second kappa shape index (κ2) is 3.39. The maximum atomic E-state index is 9.58. The van der Waals surface area contributed by atoms with Crippen molar-refractivity contribution in [1.29, 1.82) is 0 Å². The first-order valence-corrected chi connectivity index (χ1v) is 4.80. The van der Waals surface area contributed by atoms with Crippen molar-refractivity contribution in [2.24, 2.45) is 0 Å². The first kappa shape index (κ1) is 8.99. The summed E-state index contributed by atoms with van der Waals surface area (Å²) < 4.78 is 0. The number of aliphatic hydroxyl groups is 1. The molecular formula is C11H9N3O2. The fourth-order valence-electron chi connectivity index (χ4n) is 1.69. The molecule has 16 heavy (non-hydrogen) atoms. The average molecular weight is 215 g/mol. The van der Waals surface area contributed by atoms with Gasteiger partial charge in [0.1, 0.15) is 0 Å². The summed E-state index contributed by atoms with van der Waals surface area (Å²) in [6.45, 7) is 0. The number of rotatable bonds is 1. The molecule has 2 N–H and O–H groups in total. The van der Waals surface area contributed by atoms with E-state index in [0.29, 0.717) is 0 Å². The molecule has 3 rings (SSSR count). The zero-order valence-corrected chi connectivity index (χ0v) is 8.29. The van der Waals surface area contributed by atoms with Gasteiger partial charge in [0.15, 0.2) is 6.26 Å². The summed E-state index contributed by atoms with van der Waals surface area (Å²) in [5.74, 6) is 0.0105. The van der Waals surface area contributed by atoms with Crippen LogP contribution in [0.3, 0.4) is 0 Å². The molecule has 0 unspecified atom stereocenters. The van der Waals surface area contributed by atoms with E-state index in [4.69, 9.17) is 4.84 Å². The largest absolute Gasteiger partial charge is 0.491 e. The first-order chi connectivity index (χ1) is 7.86. The van der Waals surface area contributed by atoms with Crippen molar-refractivity contribution in [1.82, 2.24) is 10.6 Å². The Morgan fingerprint density at radius 2 is 2.19 bits per heavy atom. The molecule has 0 spiro atoms. The third-order valence-corrected chi connectivity index (χ3v) is 2.40. The number of fused-ring (bicyclic) bond motifs is 1. The zero-order chi connectivity index (χ0) is 11.0. The molecule has 5 nitrogen and oxygen atoms in total. The molecule has 0 atom stereocenters. The maximum Gasteiger partial charge on any atom is 0.247 e. The van der Waals surface area contributed by atoms with Crippen molar-refractivity contribution in [3.63, 3.8) is 0 Å². The van der Waals surface area contributed by atoms with Gasteiger partial charge in [0.05, 0.1) is 11.2 Å². The number of hydrazine groups is 1. The molecule has 1 aromatic carbocycles. The van der Waals surface area contributed by atoms with Crippen LogP contribution in [0.2, 0.25) is 0 Å². The molecule has 0 saturated heterocycles. The topological polar surface area (TPSA) is 57.6 Å². The highest BCUT2D eigenvalue weighted by atomic mass is 16.7. The lowest BCUT2D eigenvalue weighted by molar-refractivity contribution is 0.158. The van der Waals surface area contributed by atoms with E-state index in [2.05, 4.69) is 10.6 Å². The quantitative estimate of drug-likeness (QED) is 0.760. The summed E-state index contributed by atoms with van der Waals surface area (Å²) in [5, 5.41) is 12.0. The van der Waals surface area contributed by atoms with Gasteiger partial charge >= 0.3 is 0 Å². The monoisotopic (exact) mass is 215 g/mol. The summed E-state index contributed by atoms with van der Waals surface area (Å²) >= 11 is 0. The van der Waals surface area contributed by atoms with Gasteiger partial charge in [-0.05, 0) is 24.3 Å². The number of anilines is 1. The fraction of sp³-hybridized carbons (Fsp3) is 0. The number of hydrogen-bond acceptors (Lipinski definition) is 5. The molecule has 0 fully saturated rings. The average Bonchev–Trinajstić information content (AvgIpc) is 2.75. The molecule has 1 aromatic heterocycles. The Morgan fingerprint density at radius 3 is 3.00 bits per heavy atom. The Bertz CT molecular complexity index is 563. The van der Waals surface area contributed by atoms with E-state index >= 15 is 0 Å². The highest BCUT2D eigenvalue weighted by Gasteiger charge is 2.19. The summed E-state index contributed by atoms with van der Waals surface area (Å²) in [6.07, 6.45) is 2.96. The van der Waals surface area contributed by atoms with Crippen molar-refractivity contribution < 1.29 is 9.94 Å². The van der Waals surface area contributed by atoms with Crippen LogP contribution in [0.5, 0.6) is 0 Å². The molecule has 0 bridgehead atoms. The van der Waals surface area contributed by atoms with Crippen LogP contribution in [0.4, 0.5) is 5.69 Å². The number of benzene rings is 1. The Balaban J connectivity index is 2.20. The molecule has 1 aliphatic rings. The normalized spacial score (nSPS) is 15.0. The second-order valence-electron chi connectivity index (χ2n) is 3.37. The summed E-state index contributed by atoms with van der Waals surface area (Å²) in [4.78, 5) is 9.06. The molecule has 0 aliphatic carbocycles. The Kier molecular flexibility index (Phi) is 1.91. The zero-order valence-electron chi connectivity index (χ0n) is 8.29.